The average Bonchev–Trinajstić information content (AvgIpc) is 2.92. The van der Waals surface area contributed by atoms with Crippen molar-refractivity contribution in [3.8, 4) is 10.9 Å². The number of aromatic nitrogens is 2. The SMILES string of the molecule is COCCNCc1nnc(Oc2c(C)ccc(C)c2C)s1. The topological polar surface area (TPSA) is 56.3 Å². The van der Waals surface area contributed by atoms with Crippen LogP contribution in [-0.4, -0.2) is 30.5 Å². The molecule has 0 unspecified atom stereocenters. The Morgan fingerprint density at radius 3 is 2.67 bits per heavy atom. The smallest absolute Gasteiger partial charge is 0.299 e. The molecule has 0 spiro atoms. The molecule has 0 radical (unpaired) electrons. The summed E-state index contributed by atoms with van der Waals surface area (Å²) in [6, 6.07) is 4.16. The molecule has 114 valence electrons. The van der Waals surface area contributed by atoms with Crippen LogP contribution in [0.3, 0.4) is 0 Å². The number of methoxy groups -OCH3 is 1. The van der Waals surface area contributed by atoms with E-state index in [1.807, 2.05) is 6.92 Å². The first-order chi connectivity index (χ1) is 10.1. The highest BCUT2D eigenvalue weighted by molar-refractivity contribution is 7.13. The van der Waals surface area contributed by atoms with Gasteiger partial charge in [0.1, 0.15) is 10.8 Å². The summed E-state index contributed by atoms with van der Waals surface area (Å²) < 4.78 is 10.9. The second-order valence-electron chi connectivity index (χ2n) is 4.89. The first-order valence-corrected chi connectivity index (χ1v) is 7.70. The Balaban J connectivity index is 2.01. The van der Waals surface area contributed by atoms with Crippen molar-refractivity contribution < 1.29 is 9.47 Å². The van der Waals surface area contributed by atoms with Crippen LogP contribution < -0.4 is 10.1 Å². The molecular formula is C15H21N3O2S. The van der Waals surface area contributed by atoms with Crippen LogP contribution in [0, 0.1) is 20.8 Å². The van der Waals surface area contributed by atoms with Gasteiger partial charge in [-0.1, -0.05) is 28.6 Å². The lowest BCUT2D eigenvalue weighted by Gasteiger charge is -2.10. The molecule has 0 bridgehead atoms. The molecule has 2 rings (SSSR count). The molecule has 1 aromatic heterocycles. The molecule has 0 aliphatic rings. The molecule has 1 N–H and O–H groups in total. The first kappa shape index (κ1) is 15.9. The quantitative estimate of drug-likeness (QED) is 0.797. The van der Waals surface area contributed by atoms with Crippen molar-refractivity contribution in [2.24, 2.45) is 0 Å². The number of aryl methyl sites for hydroxylation is 2. The minimum absolute atomic E-state index is 0.579. The summed E-state index contributed by atoms with van der Waals surface area (Å²) in [5, 5.41) is 13.0. The Kier molecular flexibility index (Phi) is 5.67. The van der Waals surface area contributed by atoms with E-state index in [1.54, 1.807) is 7.11 Å². The van der Waals surface area contributed by atoms with E-state index >= 15 is 0 Å². The summed E-state index contributed by atoms with van der Waals surface area (Å²) in [4.78, 5) is 0. The van der Waals surface area contributed by atoms with Gasteiger partial charge in [-0.15, -0.1) is 5.10 Å². The fourth-order valence-corrected chi connectivity index (χ4v) is 2.55. The summed E-state index contributed by atoms with van der Waals surface area (Å²) in [6.07, 6.45) is 0. The van der Waals surface area contributed by atoms with E-state index < -0.39 is 0 Å². The van der Waals surface area contributed by atoms with E-state index in [1.165, 1.54) is 16.9 Å². The van der Waals surface area contributed by atoms with Crippen LogP contribution in [0.25, 0.3) is 0 Å². The van der Waals surface area contributed by atoms with E-state index in [9.17, 15) is 0 Å². The largest absolute Gasteiger partial charge is 0.429 e. The number of nitrogens with zero attached hydrogens (tertiary/aromatic N) is 2. The van der Waals surface area contributed by atoms with Crippen molar-refractivity contribution in [2.75, 3.05) is 20.3 Å². The van der Waals surface area contributed by atoms with Crippen molar-refractivity contribution in [3.05, 3.63) is 33.8 Å². The van der Waals surface area contributed by atoms with Gasteiger partial charge in [-0.25, -0.2) is 0 Å². The van der Waals surface area contributed by atoms with E-state index in [2.05, 4.69) is 41.5 Å². The molecule has 6 heteroatoms. The summed E-state index contributed by atoms with van der Waals surface area (Å²) in [5.41, 5.74) is 3.46. The minimum atomic E-state index is 0.579. The lowest BCUT2D eigenvalue weighted by atomic mass is 10.1. The molecule has 0 saturated carbocycles. The zero-order valence-electron chi connectivity index (χ0n) is 12.9. The molecule has 0 aliphatic carbocycles. The summed E-state index contributed by atoms with van der Waals surface area (Å²) in [7, 11) is 1.69. The first-order valence-electron chi connectivity index (χ1n) is 6.88. The fourth-order valence-electron chi connectivity index (χ4n) is 1.89. The van der Waals surface area contributed by atoms with Gasteiger partial charge in [-0.2, -0.15) is 0 Å². The predicted octanol–water partition coefficient (Wildman–Crippen LogP) is 2.99. The monoisotopic (exact) mass is 307 g/mol. The van der Waals surface area contributed by atoms with Gasteiger partial charge in [0.2, 0.25) is 0 Å². The third kappa shape index (κ3) is 4.23. The molecule has 0 aliphatic heterocycles. The standard InChI is InChI=1S/C15H21N3O2S/c1-10-5-6-11(2)14(12(10)3)20-15-18-17-13(21-15)9-16-7-8-19-4/h5-6,16H,7-9H2,1-4H3. The van der Waals surface area contributed by atoms with Gasteiger partial charge in [-0.05, 0) is 37.5 Å². The Bertz CT molecular complexity index is 599. The van der Waals surface area contributed by atoms with Gasteiger partial charge in [0, 0.05) is 20.2 Å². The lowest BCUT2D eigenvalue weighted by molar-refractivity contribution is 0.199. The van der Waals surface area contributed by atoms with Crippen LogP contribution in [0.1, 0.15) is 21.7 Å². The number of ether oxygens (including phenoxy) is 2. The van der Waals surface area contributed by atoms with Crippen molar-refractivity contribution in [1.82, 2.24) is 15.5 Å². The third-order valence-corrected chi connectivity index (χ3v) is 4.07. The Morgan fingerprint density at radius 2 is 1.90 bits per heavy atom. The second kappa shape index (κ2) is 7.49. The Hall–Kier alpha value is -1.50. The zero-order chi connectivity index (χ0) is 15.2. The van der Waals surface area contributed by atoms with Crippen LogP contribution in [0.5, 0.6) is 10.9 Å². The fraction of sp³-hybridized carbons (Fsp3) is 0.467. The normalized spacial score (nSPS) is 10.9. The van der Waals surface area contributed by atoms with Crippen LogP contribution in [0.2, 0.25) is 0 Å². The van der Waals surface area contributed by atoms with Crippen molar-refractivity contribution in [1.29, 1.82) is 0 Å². The summed E-state index contributed by atoms with van der Waals surface area (Å²) in [6.45, 7) is 8.33. The summed E-state index contributed by atoms with van der Waals surface area (Å²) >= 11 is 1.46. The predicted molar refractivity (Wildman–Crippen MR) is 84.2 cm³/mol. The van der Waals surface area contributed by atoms with Gasteiger partial charge in [-0.3, -0.25) is 0 Å². The molecule has 5 nitrogen and oxygen atoms in total. The van der Waals surface area contributed by atoms with Gasteiger partial charge >= 0.3 is 0 Å². The van der Waals surface area contributed by atoms with Crippen LogP contribution in [0.15, 0.2) is 12.1 Å². The highest BCUT2D eigenvalue weighted by atomic mass is 32.1. The van der Waals surface area contributed by atoms with Gasteiger partial charge < -0.3 is 14.8 Å². The van der Waals surface area contributed by atoms with Crippen molar-refractivity contribution in [3.63, 3.8) is 0 Å². The molecule has 1 heterocycles. The minimum Gasteiger partial charge on any atom is -0.429 e. The number of hydrogen-bond acceptors (Lipinski definition) is 6. The van der Waals surface area contributed by atoms with Gasteiger partial charge in [0.25, 0.3) is 5.19 Å². The zero-order valence-corrected chi connectivity index (χ0v) is 13.7. The van der Waals surface area contributed by atoms with E-state index in [0.717, 1.165) is 28.4 Å². The maximum absolute atomic E-state index is 5.92. The van der Waals surface area contributed by atoms with Crippen LogP contribution in [0.4, 0.5) is 0 Å². The molecule has 21 heavy (non-hydrogen) atoms. The van der Waals surface area contributed by atoms with Gasteiger partial charge in [0.15, 0.2) is 0 Å². The second-order valence-corrected chi connectivity index (χ2v) is 5.91. The Labute approximate surface area is 129 Å². The van der Waals surface area contributed by atoms with Crippen LogP contribution in [-0.2, 0) is 11.3 Å². The molecular weight excluding hydrogens is 286 g/mol. The molecule has 2 aromatic rings. The Morgan fingerprint density at radius 1 is 1.14 bits per heavy atom. The molecule has 0 fully saturated rings. The third-order valence-electron chi connectivity index (χ3n) is 3.27. The lowest BCUT2D eigenvalue weighted by Crippen LogP contribution is -2.18. The highest BCUT2D eigenvalue weighted by Crippen LogP contribution is 2.32. The number of rotatable bonds is 7. The van der Waals surface area contributed by atoms with E-state index in [4.69, 9.17) is 9.47 Å². The molecule has 0 amide bonds. The van der Waals surface area contributed by atoms with Crippen LogP contribution >= 0.6 is 11.3 Å². The average molecular weight is 307 g/mol. The summed E-state index contributed by atoms with van der Waals surface area (Å²) in [5.74, 6) is 0.880. The maximum atomic E-state index is 5.92. The molecule has 0 atom stereocenters. The number of nitrogens with one attached hydrogen (secondary N) is 1. The van der Waals surface area contributed by atoms with Crippen molar-refractivity contribution >= 4 is 11.3 Å². The molecule has 1 aromatic carbocycles. The van der Waals surface area contributed by atoms with Gasteiger partial charge in [0.05, 0.1) is 6.61 Å². The number of hydrogen-bond donors (Lipinski definition) is 1. The molecule has 0 saturated heterocycles. The maximum Gasteiger partial charge on any atom is 0.299 e. The highest BCUT2D eigenvalue weighted by Gasteiger charge is 2.11. The van der Waals surface area contributed by atoms with Crippen molar-refractivity contribution in [2.45, 2.75) is 27.3 Å². The van der Waals surface area contributed by atoms with E-state index in [0.29, 0.717) is 18.3 Å². The number of benzene rings is 1. The van der Waals surface area contributed by atoms with E-state index in [-0.39, 0.29) is 0 Å².